The molecular formula is C80H156O17P2. The Labute approximate surface area is 607 Å². The molecule has 0 heterocycles. The fraction of sp³-hybridized carbons (Fsp3) is 0.950. The lowest BCUT2D eigenvalue weighted by Gasteiger charge is -2.21. The summed E-state index contributed by atoms with van der Waals surface area (Å²) in [7, 11) is -9.92. The van der Waals surface area contributed by atoms with Crippen molar-refractivity contribution in [3.8, 4) is 0 Å². The zero-order valence-electron chi connectivity index (χ0n) is 65.1. The van der Waals surface area contributed by atoms with E-state index in [1.165, 1.54) is 205 Å². The van der Waals surface area contributed by atoms with Crippen LogP contribution in [0.1, 0.15) is 409 Å². The van der Waals surface area contributed by atoms with Gasteiger partial charge >= 0.3 is 39.5 Å². The minimum Gasteiger partial charge on any atom is -0.462 e. The molecule has 99 heavy (non-hydrogen) atoms. The summed E-state index contributed by atoms with van der Waals surface area (Å²) in [5.41, 5.74) is 0. The first-order chi connectivity index (χ1) is 47.7. The molecule has 0 aromatic carbocycles. The molecule has 588 valence electrons. The largest absolute Gasteiger partial charge is 0.472 e. The summed E-state index contributed by atoms with van der Waals surface area (Å²) >= 11 is 0. The van der Waals surface area contributed by atoms with Crippen LogP contribution in [0, 0.1) is 23.7 Å². The number of hydrogen-bond donors (Lipinski definition) is 3. The van der Waals surface area contributed by atoms with Crippen molar-refractivity contribution in [3.63, 3.8) is 0 Å². The van der Waals surface area contributed by atoms with Crippen LogP contribution in [0.5, 0.6) is 0 Å². The molecule has 0 aromatic heterocycles. The maximum Gasteiger partial charge on any atom is 0.472 e. The first-order valence-corrected chi connectivity index (χ1v) is 44.3. The highest BCUT2D eigenvalue weighted by Gasteiger charge is 2.30. The van der Waals surface area contributed by atoms with Crippen LogP contribution in [0.3, 0.4) is 0 Å². The lowest BCUT2D eigenvalue weighted by Crippen LogP contribution is -2.30. The predicted octanol–water partition coefficient (Wildman–Crippen LogP) is 23.6. The van der Waals surface area contributed by atoms with Gasteiger partial charge in [-0.25, -0.2) is 9.13 Å². The molecule has 0 aliphatic carbocycles. The first-order valence-electron chi connectivity index (χ1n) is 41.3. The number of unbranched alkanes of at least 4 members (excludes halogenated alkanes) is 41. The fourth-order valence-corrected chi connectivity index (χ4v) is 13.8. The molecule has 0 bridgehead atoms. The summed E-state index contributed by atoms with van der Waals surface area (Å²) in [6.07, 6.45) is 55.5. The van der Waals surface area contributed by atoms with E-state index in [0.717, 1.165) is 120 Å². The topological polar surface area (TPSA) is 237 Å². The van der Waals surface area contributed by atoms with E-state index in [4.69, 9.17) is 37.0 Å². The van der Waals surface area contributed by atoms with Gasteiger partial charge in [0.05, 0.1) is 26.4 Å². The van der Waals surface area contributed by atoms with Crippen molar-refractivity contribution in [2.24, 2.45) is 23.7 Å². The van der Waals surface area contributed by atoms with E-state index in [1.54, 1.807) is 0 Å². The fourth-order valence-electron chi connectivity index (χ4n) is 12.2. The molecule has 0 aliphatic heterocycles. The molecule has 0 spiro atoms. The molecule has 0 saturated heterocycles. The Balaban J connectivity index is 5.21. The van der Waals surface area contributed by atoms with Crippen LogP contribution >= 0.6 is 15.6 Å². The molecule has 0 rings (SSSR count). The standard InChI is InChI=1S/C80H156O17P2/c1-9-72(7)58-50-42-34-28-24-25-29-35-44-52-60-77(82)90-66-75(96-80(85)63-55-47-37-31-23-19-21-27-33-41-49-57-71(5)6)68-94-98(86,87)92-64-74(81)65-93-99(88,89)95-69-76(67-91-78(83)61-53-45-39-38-43-51-59-73(8)10-2)97-79(84)62-54-46-36-30-22-18-16-14-12-11-13-15-17-20-26-32-40-48-56-70(3)4/h70-76,81H,9-69H2,1-8H3,(H,86,87)(H,88,89)/t72?,73?,74-,75-,76-/m1/s1. The van der Waals surface area contributed by atoms with Gasteiger partial charge in [-0.1, -0.05) is 357 Å². The third-order valence-electron chi connectivity index (χ3n) is 19.3. The van der Waals surface area contributed by atoms with Gasteiger partial charge in [0, 0.05) is 25.7 Å². The van der Waals surface area contributed by atoms with Gasteiger partial charge in [-0.2, -0.15) is 0 Å². The summed E-state index contributed by atoms with van der Waals surface area (Å²) in [4.78, 5) is 73.0. The van der Waals surface area contributed by atoms with Gasteiger partial charge in [-0.3, -0.25) is 37.3 Å². The van der Waals surface area contributed by atoms with Gasteiger partial charge in [-0.15, -0.1) is 0 Å². The molecule has 7 atom stereocenters. The lowest BCUT2D eigenvalue weighted by molar-refractivity contribution is -0.161. The average Bonchev–Trinajstić information content (AvgIpc) is 1.01. The highest BCUT2D eigenvalue weighted by molar-refractivity contribution is 7.47. The number of carbonyl (C=O) groups is 4. The Kier molecular flexibility index (Phi) is 67.8. The number of aliphatic hydroxyl groups excluding tert-OH is 1. The van der Waals surface area contributed by atoms with Gasteiger partial charge in [-0.05, 0) is 49.4 Å². The van der Waals surface area contributed by atoms with Crippen molar-refractivity contribution >= 4 is 39.5 Å². The number of carbonyl (C=O) groups excluding carboxylic acids is 4. The molecule has 0 radical (unpaired) electrons. The maximum absolute atomic E-state index is 13.1. The molecule has 0 aromatic rings. The van der Waals surface area contributed by atoms with Crippen LogP contribution in [0.2, 0.25) is 0 Å². The van der Waals surface area contributed by atoms with Crippen LogP contribution in [-0.2, 0) is 65.4 Å². The van der Waals surface area contributed by atoms with Gasteiger partial charge in [0.2, 0.25) is 0 Å². The molecule has 4 unspecified atom stereocenters. The molecule has 19 heteroatoms. The minimum absolute atomic E-state index is 0.106. The number of phosphoric ester groups is 2. The zero-order chi connectivity index (χ0) is 73.1. The molecule has 17 nitrogen and oxygen atoms in total. The molecule has 0 fully saturated rings. The van der Waals surface area contributed by atoms with Gasteiger partial charge in [0.1, 0.15) is 19.3 Å². The van der Waals surface area contributed by atoms with Crippen molar-refractivity contribution in [2.45, 2.75) is 427 Å². The number of rotatable bonds is 77. The smallest absolute Gasteiger partial charge is 0.462 e. The van der Waals surface area contributed by atoms with Crippen LogP contribution in [0.25, 0.3) is 0 Å². The molecule has 0 saturated carbocycles. The van der Waals surface area contributed by atoms with Crippen LogP contribution < -0.4 is 0 Å². The summed E-state index contributed by atoms with van der Waals surface area (Å²) in [5, 5.41) is 10.6. The van der Waals surface area contributed by atoms with Crippen LogP contribution in [0.15, 0.2) is 0 Å². The van der Waals surface area contributed by atoms with Gasteiger partial charge in [0.25, 0.3) is 0 Å². The average molecular weight is 1450 g/mol. The Morgan fingerprint density at radius 2 is 0.485 bits per heavy atom. The summed E-state index contributed by atoms with van der Waals surface area (Å²) in [6.45, 7) is 14.3. The lowest BCUT2D eigenvalue weighted by atomic mass is 9.99. The first kappa shape index (κ1) is 97.1. The Hall–Kier alpha value is -1.94. The van der Waals surface area contributed by atoms with Crippen molar-refractivity contribution < 1.29 is 80.2 Å². The number of phosphoric acid groups is 2. The Bertz CT molecular complexity index is 1940. The highest BCUT2D eigenvalue weighted by atomic mass is 31.2. The second-order valence-electron chi connectivity index (χ2n) is 30.2. The zero-order valence-corrected chi connectivity index (χ0v) is 66.9. The second-order valence-corrected chi connectivity index (χ2v) is 33.1. The maximum atomic E-state index is 13.1. The third-order valence-corrected chi connectivity index (χ3v) is 21.2. The van der Waals surface area contributed by atoms with Gasteiger partial charge < -0.3 is 33.8 Å². The van der Waals surface area contributed by atoms with E-state index in [9.17, 15) is 43.2 Å². The number of aliphatic hydroxyl groups is 1. The monoisotopic (exact) mass is 1450 g/mol. The van der Waals surface area contributed by atoms with Crippen LogP contribution in [0.4, 0.5) is 0 Å². The summed E-state index contributed by atoms with van der Waals surface area (Å²) < 4.78 is 68.7. The Morgan fingerprint density at radius 1 is 0.283 bits per heavy atom. The molecule has 0 amide bonds. The van der Waals surface area contributed by atoms with E-state index in [1.807, 2.05) is 0 Å². The number of ether oxygens (including phenoxy) is 4. The van der Waals surface area contributed by atoms with Crippen molar-refractivity contribution in [1.29, 1.82) is 0 Å². The Morgan fingerprint density at radius 3 is 0.717 bits per heavy atom. The van der Waals surface area contributed by atoms with E-state index in [0.29, 0.717) is 25.7 Å². The van der Waals surface area contributed by atoms with Crippen molar-refractivity contribution in [3.05, 3.63) is 0 Å². The quantitative estimate of drug-likeness (QED) is 0.0222. The van der Waals surface area contributed by atoms with E-state index in [-0.39, 0.29) is 25.7 Å². The molecule has 3 N–H and O–H groups in total. The van der Waals surface area contributed by atoms with Crippen molar-refractivity contribution in [2.75, 3.05) is 39.6 Å². The van der Waals surface area contributed by atoms with Crippen LogP contribution in [-0.4, -0.2) is 96.7 Å². The van der Waals surface area contributed by atoms with Crippen molar-refractivity contribution in [1.82, 2.24) is 0 Å². The highest BCUT2D eigenvalue weighted by Crippen LogP contribution is 2.45. The minimum atomic E-state index is -4.96. The summed E-state index contributed by atoms with van der Waals surface area (Å²) in [6, 6.07) is 0. The third kappa shape index (κ3) is 71.5. The predicted molar refractivity (Wildman–Crippen MR) is 404 cm³/mol. The van der Waals surface area contributed by atoms with E-state index >= 15 is 0 Å². The molecule has 0 aliphatic rings. The van der Waals surface area contributed by atoms with E-state index < -0.39 is 97.5 Å². The SMILES string of the molecule is CCC(C)CCCCCCCCCCCCC(=O)OC[C@H](COP(=O)(O)OC[C@@H](O)COP(=O)(O)OC[C@@H](COC(=O)CCCCCCCCC(C)CC)OC(=O)CCCCCCCCCCCCCCCCCCCCC(C)C)OC(=O)CCCCCCCCCCCCCC(C)C. The van der Waals surface area contributed by atoms with E-state index in [2.05, 4.69) is 55.4 Å². The second kappa shape index (κ2) is 69.1. The van der Waals surface area contributed by atoms with Gasteiger partial charge in [0.15, 0.2) is 12.2 Å². The number of hydrogen-bond acceptors (Lipinski definition) is 15. The molecular weight excluding hydrogens is 1290 g/mol. The summed E-state index contributed by atoms with van der Waals surface area (Å²) in [5.74, 6) is 1.01. The normalized spacial score (nSPS) is 14.6. The number of esters is 4.